The van der Waals surface area contributed by atoms with Crippen LogP contribution in [0.1, 0.15) is 12.8 Å². The summed E-state index contributed by atoms with van der Waals surface area (Å²) < 4.78 is 4.77. The highest BCUT2D eigenvalue weighted by Gasteiger charge is 2.61. The molecule has 1 saturated heterocycles. The zero-order chi connectivity index (χ0) is 7.90. The van der Waals surface area contributed by atoms with Gasteiger partial charge in [0.25, 0.3) is 0 Å². The fourth-order valence-electron chi connectivity index (χ4n) is 2.10. The predicted molar refractivity (Wildman–Crippen MR) is 40.0 cm³/mol. The number of piperidine rings is 1. The minimum absolute atomic E-state index is 0.00370. The molecule has 2 rings (SSSR count). The number of hydrogen-bond donors (Lipinski definition) is 1. The average molecular weight is 155 g/mol. The summed E-state index contributed by atoms with van der Waals surface area (Å²) in [5.74, 6) is 0.563. The minimum Gasteiger partial charge on any atom is -0.469 e. The van der Waals surface area contributed by atoms with Crippen LogP contribution in [-0.4, -0.2) is 26.2 Å². The topological polar surface area (TPSA) is 38.3 Å². The Bertz CT molecular complexity index is 193. The highest BCUT2D eigenvalue weighted by molar-refractivity contribution is 5.80. The van der Waals surface area contributed by atoms with E-state index >= 15 is 0 Å². The van der Waals surface area contributed by atoms with E-state index in [0.29, 0.717) is 5.92 Å². The van der Waals surface area contributed by atoms with Gasteiger partial charge in [0.15, 0.2) is 0 Å². The molecule has 1 heterocycles. The molecular weight excluding hydrogens is 142 g/mol. The second-order valence-electron chi connectivity index (χ2n) is 3.50. The van der Waals surface area contributed by atoms with E-state index < -0.39 is 0 Å². The quantitative estimate of drug-likeness (QED) is 0.548. The highest BCUT2D eigenvalue weighted by atomic mass is 16.5. The molecule has 2 fully saturated rings. The smallest absolute Gasteiger partial charge is 0.312 e. The molecule has 11 heavy (non-hydrogen) atoms. The fourth-order valence-corrected chi connectivity index (χ4v) is 2.10. The molecule has 0 unspecified atom stereocenters. The summed E-state index contributed by atoms with van der Waals surface area (Å²) in [6.07, 6.45) is 2.00. The second-order valence-corrected chi connectivity index (χ2v) is 3.50. The molecule has 3 nitrogen and oxygen atoms in total. The molecular formula is C8H13NO2. The standard InChI is InChI=1S/C8H13NO2/c1-11-7(10)8-2-3-9-5-6(8)4-8/h6,9H,2-5H2,1H3/t6-,8+/m1/s1. The molecule has 62 valence electrons. The van der Waals surface area contributed by atoms with E-state index in [1.54, 1.807) is 0 Å². The first-order valence-electron chi connectivity index (χ1n) is 4.09. The lowest BCUT2D eigenvalue weighted by molar-refractivity contribution is -0.148. The van der Waals surface area contributed by atoms with E-state index in [2.05, 4.69) is 5.32 Å². The van der Waals surface area contributed by atoms with Crippen molar-refractivity contribution >= 4 is 5.97 Å². The number of carbonyl (C=O) groups is 1. The van der Waals surface area contributed by atoms with Gasteiger partial charge < -0.3 is 10.1 Å². The normalized spacial score (nSPS) is 41.0. The molecule has 0 bridgehead atoms. The molecule has 0 spiro atoms. The molecule has 0 aromatic rings. The second kappa shape index (κ2) is 2.21. The van der Waals surface area contributed by atoms with Crippen LogP contribution in [0.2, 0.25) is 0 Å². The number of esters is 1. The van der Waals surface area contributed by atoms with E-state index in [9.17, 15) is 4.79 Å². The summed E-state index contributed by atoms with van der Waals surface area (Å²) in [4.78, 5) is 11.3. The highest BCUT2D eigenvalue weighted by Crippen LogP contribution is 2.56. The van der Waals surface area contributed by atoms with Gasteiger partial charge in [-0.3, -0.25) is 4.79 Å². The van der Waals surface area contributed by atoms with Crippen molar-refractivity contribution < 1.29 is 9.53 Å². The molecule has 2 atom stereocenters. The van der Waals surface area contributed by atoms with Crippen molar-refractivity contribution in [1.82, 2.24) is 5.32 Å². The van der Waals surface area contributed by atoms with E-state index in [0.717, 1.165) is 25.9 Å². The van der Waals surface area contributed by atoms with E-state index in [1.807, 2.05) is 0 Å². The van der Waals surface area contributed by atoms with Crippen LogP contribution in [0.15, 0.2) is 0 Å². The van der Waals surface area contributed by atoms with Crippen LogP contribution >= 0.6 is 0 Å². The first kappa shape index (κ1) is 7.10. The summed E-state index contributed by atoms with van der Waals surface area (Å²) >= 11 is 0. The van der Waals surface area contributed by atoms with E-state index in [-0.39, 0.29) is 11.4 Å². The van der Waals surface area contributed by atoms with Crippen LogP contribution in [-0.2, 0) is 9.53 Å². The molecule has 1 saturated carbocycles. The Balaban J connectivity index is 2.07. The number of rotatable bonds is 1. The van der Waals surface area contributed by atoms with Gasteiger partial charge in [-0.15, -0.1) is 0 Å². The van der Waals surface area contributed by atoms with Crippen LogP contribution in [0.3, 0.4) is 0 Å². The van der Waals surface area contributed by atoms with Crippen molar-refractivity contribution in [1.29, 1.82) is 0 Å². The number of ether oxygens (including phenoxy) is 1. The van der Waals surface area contributed by atoms with Gasteiger partial charge in [-0.1, -0.05) is 0 Å². The van der Waals surface area contributed by atoms with Gasteiger partial charge in [-0.05, 0) is 31.8 Å². The lowest BCUT2D eigenvalue weighted by atomic mass is 9.97. The van der Waals surface area contributed by atoms with Crippen LogP contribution in [0.4, 0.5) is 0 Å². The van der Waals surface area contributed by atoms with Gasteiger partial charge in [0.1, 0.15) is 0 Å². The Hall–Kier alpha value is -0.570. The van der Waals surface area contributed by atoms with Gasteiger partial charge >= 0.3 is 5.97 Å². The Morgan fingerprint density at radius 2 is 2.55 bits per heavy atom. The monoisotopic (exact) mass is 155 g/mol. The van der Waals surface area contributed by atoms with Gasteiger partial charge in [0.05, 0.1) is 12.5 Å². The minimum atomic E-state index is -0.0694. The van der Waals surface area contributed by atoms with E-state index in [4.69, 9.17) is 4.74 Å². The summed E-state index contributed by atoms with van der Waals surface area (Å²) in [7, 11) is 1.48. The molecule has 2 aliphatic rings. The van der Waals surface area contributed by atoms with Gasteiger partial charge in [0.2, 0.25) is 0 Å². The van der Waals surface area contributed by atoms with Crippen LogP contribution in [0, 0.1) is 11.3 Å². The van der Waals surface area contributed by atoms with Crippen LogP contribution in [0.25, 0.3) is 0 Å². The SMILES string of the molecule is COC(=O)[C@]12CCNC[C@H]1C2. The van der Waals surface area contributed by atoms with Crippen LogP contribution in [0.5, 0.6) is 0 Å². The maximum atomic E-state index is 11.3. The molecule has 0 aromatic carbocycles. The lowest BCUT2D eigenvalue weighted by Gasteiger charge is -2.19. The van der Waals surface area contributed by atoms with Crippen molar-refractivity contribution in [3.63, 3.8) is 0 Å². The number of hydrogen-bond acceptors (Lipinski definition) is 3. The van der Waals surface area contributed by atoms with Crippen LogP contribution < -0.4 is 5.32 Å². The van der Waals surface area contributed by atoms with Crippen molar-refractivity contribution in [2.24, 2.45) is 11.3 Å². The summed E-state index contributed by atoms with van der Waals surface area (Å²) in [5, 5.41) is 3.27. The molecule has 0 radical (unpaired) electrons. The third kappa shape index (κ3) is 0.872. The van der Waals surface area contributed by atoms with Crippen molar-refractivity contribution in [2.45, 2.75) is 12.8 Å². The largest absolute Gasteiger partial charge is 0.469 e. The zero-order valence-corrected chi connectivity index (χ0v) is 6.72. The van der Waals surface area contributed by atoms with Gasteiger partial charge in [-0.25, -0.2) is 0 Å². The Morgan fingerprint density at radius 1 is 1.73 bits per heavy atom. The Labute approximate surface area is 66.1 Å². The molecule has 1 aliphatic heterocycles. The van der Waals surface area contributed by atoms with Crippen molar-refractivity contribution in [3.05, 3.63) is 0 Å². The molecule has 1 N–H and O–H groups in total. The molecule has 0 amide bonds. The predicted octanol–water partition coefficient (Wildman–Crippen LogP) is 0.159. The van der Waals surface area contributed by atoms with Crippen molar-refractivity contribution in [2.75, 3.05) is 20.2 Å². The molecule has 3 heteroatoms. The average Bonchev–Trinajstić information content (AvgIpc) is 2.78. The summed E-state index contributed by atoms with van der Waals surface area (Å²) in [6, 6.07) is 0. The molecule has 1 aliphatic carbocycles. The van der Waals surface area contributed by atoms with Crippen molar-refractivity contribution in [3.8, 4) is 0 Å². The third-order valence-electron chi connectivity index (χ3n) is 2.96. The fraction of sp³-hybridized carbons (Fsp3) is 0.875. The Morgan fingerprint density at radius 3 is 3.18 bits per heavy atom. The summed E-state index contributed by atoms with van der Waals surface area (Å²) in [5.41, 5.74) is -0.0694. The number of fused-ring (bicyclic) bond motifs is 1. The third-order valence-corrected chi connectivity index (χ3v) is 2.96. The van der Waals surface area contributed by atoms with Gasteiger partial charge in [-0.2, -0.15) is 0 Å². The zero-order valence-electron chi connectivity index (χ0n) is 6.72. The molecule has 0 aromatic heterocycles. The lowest BCUT2D eigenvalue weighted by Crippen LogP contribution is -2.34. The van der Waals surface area contributed by atoms with Gasteiger partial charge in [0, 0.05) is 0 Å². The van der Waals surface area contributed by atoms with E-state index in [1.165, 1.54) is 7.11 Å². The maximum absolute atomic E-state index is 11.3. The number of carbonyl (C=O) groups excluding carboxylic acids is 1. The number of nitrogens with one attached hydrogen (secondary N) is 1. The number of methoxy groups -OCH3 is 1. The first-order valence-corrected chi connectivity index (χ1v) is 4.09. The Kier molecular flexibility index (Phi) is 1.42. The summed E-state index contributed by atoms with van der Waals surface area (Å²) in [6.45, 7) is 1.96. The maximum Gasteiger partial charge on any atom is 0.312 e. The first-order chi connectivity index (χ1) is 5.29.